The van der Waals surface area contributed by atoms with Gasteiger partial charge in [0, 0.05) is 23.2 Å². The molecule has 0 amide bonds. The van der Waals surface area contributed by atoms with E-state index in [9.17, 15) is 0 Å². The SMILES string of the molecule is c1nc(-c2ncc3ccsc3n2)c2cc[nH]c2n1. The molecule has 5 nitrogen and oxygen atoms in total. The first-order valence-electron chi connectivity index (χ1n) is 5.40. The van der Waals surface area contributed by atoms with Gasteiger partial charge < -0.3 is 4.98 Å². The standard InChI is InChI=1S/C12H7N5S/c1-3-13-10-8(1)9(15-6-16-10)11-14-5-7-2-4-18-12(7)17-11/h1-6H,(H,13,15,16). The van der Waals surface area contributed by atoms with Crippen LogP contribution in [0.3, 0.4) is 0 Å². The minimum Gasteiger partial charge on any atom is -0.346 e. The van der Waals surface area contributed by atoms with Gasteiger partial charge in [0.15, 0.2) is 5.82 Å². The Morgan fingerprint density at radius 2 is 2.11 bits per heavy atom. The number of thiophene rings is 1. The molecule has 18 heavy (non-hydrogen) atoms. The van der Waals surface area contributed by atoms with E-state index in [0.717, 1.165) is 26.9 Å². The molecule has 0 aliphatic rings. The molecule has 0 aliphatic heterocycles. The maximum absolute atomic E-state index is 4.54. The smallest absolute Gasteiger partial charge is 0.180 e. The molecule has 0 saturated heterocycles. The van der Waals surface area contributed by atoms with E-state index in [0.29, 0.717) is 5.82 Å². The Labute approximate surface area is 106 Å². The van der Waals surface area contributed by atoms with Crippen molar-refractivity contribution in [3.63, 3.8) is 0 Å². The summed E-state index contributed by atoms with van der Waals surface area (Å²) in [5, 5.41) is 4.01. The predicted molar refractivity (Wildman–Crippen MR) is 70.3 cm³/mol. The minimum atomic E-state index is 0.636. The molecular formula is C12H7N5S. The van der Waals surface area contributed by atoms with Crippen molar-refractivity contribution in [1.29, 1.82) is 0 Å². The summed E-state index contributed by atoms with van der Waals surface area (Å²) in [5.74, 6) is 0.636. The molecule has 0 spiro atoms. The van der Waals surface area contributed by atoms with Gasteiger partial charge in [-0.25, -0.2) is 19.9 Å². The molecule has 86 valence electrons. The molecule has 0 unspecified atom stereocenters. The lowest BCUT2D eigenvalue weighted by Crippen LogP contribution is -1.92. The van der Waals surface area contributed by atoms with Crippen molar-refractivity contribution in [3.05, 3.63) is 36.2 Å². The summed E-state index contributed by atoms with van der Waals surface area (Å²) >= 11 is 1.60. The van der Waals surface area contributed by atoms with Gasteiger partial charge in [0.1, 0.15) is 22.5 Å². The van der Waals surface area contributed by atoms with E-state index in [4.69, 9.17) is 0 Å². The Morgan fingerprint density at radius 1 is 1.11 bits per heavy atom. The van der Waals surface area contributed by atoms with Crippen LogP contribution in [0, 0.1) is 0 Å². The summed E-state index contributed by atoms with van der Waals surface area (Å²) in [4.78, 5) is 21.4. The number of aromatic nitrogens is 5. The molecule has 4 aromatic rings. The van der Waals surface area contributed by atoms with E-state index in [1.165, 1.54) is 6.33 Å². The summed E-state index contributed by atoms with van der Waals surface area (Å²) in [7, 11) is 0. The van der Waals surface area contributed by atoms with E-state index in [2.05, 4.69) is 24.9 Å². The van der Waals surface area contributed by atoms with Gasteiger partial charge in [-0.05, 0) is 17.5 Å². The van der Waals surface area contributed by atoms with Crippen LogP contribution in [0.5, 0.6) is 0 Å². The van der Waals surface area contributed by atoms with Crippen molar-refractivity contribution in [2.75, 3.05) is 0 Å². The van der Waals surface area contributed by atoms with Gasteiger partial charge in [0.05, 0.1) is 0 Å². The minimum absolute atomic E-state index is 0.636. The van der Waals surface area contributed by atoms with E-state index in [-0.39, 0.29) is 0 Å². The molecule has 0 fully saturated rings. The zero-order valence-electron chi connectivity index (χ0n) is 9.16. The molecule has 0 aliphatic carbocycles. The number of hydrogen-bond acceptors (Lipinski definition) is 5. The van der Waals surface area contributed by atoms with Crippen LogP contribution in [-0.4, -0.2) is 24.9 Å². The Hall–Kier alpha value is -2.34. The summed E-state index contributed by atoms with van der Waals surface area (Å²) < 4.78 is 0. The lowest BCUT2D eigenvalue weighted by molar-refractivity contribution is 1.15. The van der Waals surface area contributed by atoms with Crippen LogP contribution in [0.2, 0.25) is 0 Å². The molecule has 0 bridgehead atoms. The molecule has 6 heteroatoms. The molecule has 0 aromatic carbocycles. The van der Waals surface area contributed by atoms with Crippen molar-refractivity contribution in [2.45, 2.75) is 0 Å². The van der Waals surface area contributed by atoms with Gasteiger partial charge in [0.2, 0.25) is 0 Å². The summed E-state index contributed by atoms with van der Waals surface area (Å²) in [5.41, 5.74) is 1.56. The first kappa shape index (κ1) is 9.67. The van der Waals surface area contributed by atoms with Crippen LogP contribution in [0.25, 0.3) is 32.8 Å². The van der Waals surface area contributed by atoms with E-state index in [1.54, 1.807) is 11.3 Å². The third kappa shape index (κ3) is 1.32. The fourth-order valence-corrected chi connectivity index (χ4v) is 2.66. The molecule has 4 rings (SSSR count). The van der Waals surface area contributed by atoms with Crippen LogP contribution < -0.4 is 0 Å². The van der Waals surface area contributed by atoms with Crippen LogP contribution in [0.4, 0.5) is 0 Å². The zero-order valence-corrected chi connectivity index (χ0v) is 9.98. The van der Waals surface area contributed by atoms with Crippen molar-refractivity contribution < 1.29 is 0 Å². The van der Waals surface area contributed by atoms with Gasteiger partial charge in [-0.1, -0.05) is 0 Å². The molecule has 4 aromatic heterocycles. The van der Waals surface area contributed by atoms with Crippen molar-refractivity contribution in [2.24, 2.45) is 0 Å². The number of hydrogen-bond donors (Lipinski definition) is 1. The fourth-order valence-electron chi connectivity index (χ4n) is 1.92. The van der Waals surface area contributed by atoms with Crippen LogP contribution in [0.15, 0.2) is 36.2 Å². The number of nitrogens with zero attached hydrogens (tertiary/aromatic N) is 4. The van der Waals surface area contributed by atoms with E-state index < -0.39 is 0 Å². The summed E-state index contributed by atoms with van der Waals surface area (Å²) in [6, 6.07) is 3.95. The quantitative estimate of drug-likeness (QED) is 0.566. The first-order chi connectivity index (χ1) is 8.92. The Balaban J connectivity index is 2.03. The van der Waals surface area contributed by atoms with Crippen LogP contribution in [-0.2, 0) is 0 Å². The number of nitrogens with one attached hydrogen (secondary N) is 1. The molecular weight excluding hydrogens is 246 g/mol. The maximum Gasteiger partial charge on any atom is 0.180 e. The molecule has 0 radical (unpaired) electrons. The second-order valence-corrected chi connectivity index (χ2v) is 4.73. The van der Waals surface area contributed by atoms with Gasteiger partial charge in [-0.15, -0.1) is 11.3 Å². The molecule has 1 N–H and O–H groups in total. The van der Waals surface area contributed by atoms with Gasteiger partial charge >= 0.3 is 0 Å². The van der Waals surface area contributed by atoms with Crippen molar-refractivity contribution >= 4 is 32.6 Å². The number of rotatable bonds is 1. The lowest BCUT2D eigenvalue weighted by Gasteiger charge is -2.00. The molecule has 0 atom stereocenters. The van der Waals surface area contributed by atoms with E-state index >= 15 is 0 Å². The number of aromatic amines is 1. The van der Waals surface area contributed by atoms with Gasteiger partial charge in [0.25, 0.3) is 0 Å². The van der Waals surface area contributed by atoms with Gasteiger partial charge in [-0.2, -0.15) is 0 Å². The lowest BCUT2D eigenvalue weighted by atomic mass is 10.2. The highest BCUT2D eigenvalue weighted by molar-refractivity contribution is 7.16. The fraction of sp³-hybridized carbons (Fsp3) is 0. The largest absolute Gasteiger partial charge is 0.346 e. The maximum atomic E-state index is 4.54. The highest BCUT2D eigenvalue weighted by atomic mass is 32.1. The van der Waals surface area contributed by atoms with Crippen molar-refractivity contribution in [1.82, 2.24) is 24.9 Å². The predicted octanol–water partition coefficient (Wildman–Crippen LogP) is 2.63. The normalized spacial score (nSPS) is 11.3. The summed E-state index contributed by atoms with van der Waals surface area (Å²) in [6.45, 7) is 0. The second-order valence-electron chi connectivity index (χ2n) is 3.84. The highest BCUT2D eigenvalue weighted by Gasteiger charge is 2.10. The van der Waals surface area contributed by atoms with Crippen LogP contribution in [0.1, 0.15) is 0 Å². The monoisotopic (exact) mass is 253 g/mol. The number of H-pyrrole nitrogens is 1. The highest BCUT2D eigenvalue weighted by Crippen LogP contribution is 2.24. The Bertz CT molecular complexity index is 848. The Morgan fingerprint density at radius 3 is 3.11 bits per heavy atom. The Kier molecular flexibility index (Phi) is 1.92. The van der Waals surface area contributed by atoms with Gasteiger partial charge in [-0.3, -0.25) is 0 Å². The van der Waals surface area contributed by atoms with Crippen LogP contribution >= 0.6 is 11.3 Å². The number of fused-ring (bicyclic) bond motifs is 2. The average molecular weight is 253 g/mol. The molecule has 0 saturated carbocycles. The average Bonchev–Trinajstić information content (AvgIpc) is 3.05. The first-order valence-corrected chi connectivity index (χ1v) is 6.28. The second kappa shape index (κ2) is 3.58. The van der Waals surface area contributed by atoms with Crippen molar-refractivity contribution in [3.8, 4) is 11.5 Å². The van der Waals surface area contributed by atoms with E-state index in [1.807, 2.05) is 29.9 Å². The summed E-state index contributed by atoms with van der Waals surface area (Å²) in [6.07, 6.45) is 5.19. The topological polar surface area (TPSA) is 67.3 Å². The zero-order chi connectivity index (χ0) is 11.9. The molecule has 4 heterocycles. The third-order valence-corrected chi connectivity index (χ3v) is 3.60. The third-order valence-electron chi connectivity index (χ3n) is 2.77.